The van der Waals surface area contributed by atoms with Gasteiger partial charge in [0.15, 0.2) is 0 Å². The molecule has 1 rings (SSSR count). The van der Waals surface area contributed by atoms with Crippen LogP contribution in [0.3, 0.4) is 0 Å². The van der Waals surface area contributed by atoms with Gasteiger partial charge in [-0.3, -0.25) is 10.2 Å². The molecule has 4 heteroatoms. The average Bonchev–Trinajstić information content (AvgIpc) is 2.23. The van der Waals surface area contributed by atoms with Crippen molar-refractivity contribution in [1.82, 2.24) is 10.2 Å². The lowest BCUT2D eigenvalue weighted by Gasteiger charge is -2.47. The maximum Gasteiger partial charge on any atom is 0.105 e. The minimum Gasteiger partial charge on any atom is -0.367 e. The summed E-state index contributed by atoms with van der Waals surface area (Å²) in [6.07, 6.45) is 0.837. The molecule has 1 fully saturated rings. The van der Waals surface area contributed by atoms with E-state index < -0.39 is 5.54 Å². The maximum atomic E-state index is 9.30. The van der Waals surface area contributed by atoms with Gasteiger partial charge in [-0.1, -0.05) is 6.92 Å². The number of rotatable bonds is 5. The van der Waals surface area contributed by atoms with Gasteiger partial charge in [0.25, 0.3) is 0 Å². The number of morpholine rings is 1. The first kappa shape index (κ1) is 16.4. The fourth-order valence-electron chi connectivity index (χ4n) is 3.06. The molecule has 0 radical (unpaired) electrons. The number of nitrogens with zero attached hydrogens (tertiary/aromatic N) is 2. The third kappa shape index (κ3) is 5.10. The van der Waals surface area contributed by atoms with Gasteiger partial charge in [-0.05, 0) is 47.6 Å². The van der Waals surface area contributed by atoms with E-state index in [1.807, 2.05) is 13.8 Å². The molecule has 1 atom stereocenters. The van der Waals surface area contributed by atoms with Crippen molar-refractivity contribution in [3.05, 3.63) is 0 Å². The number of ether oxygens (including phenoxy) is 1. The quantitative estimate of drug-likeness (QED) is 0.829. The van der Waals surface area contributed by atoms with Crippen LogP contribution in [0.15, 0.2) is 0 Å². The van der Waals surface area contributed by atoms with E-state index in [9.17, 15) is 5.26 Å². The highest BCUT2D eigenvalue weighted by Gasteiger charge is 2.38. The van der Waals surface area contributed by atoms with Crippen LogP contribution in [0.1, 0.15) is 48.0 Å². The average molecular weight is 267 g/mol. The Balaban J connectivity index is 2.60. The van der Waals surface area contributed by atoms with Crippen molar-refractivity contribution >= 4 is 0 Å². The molecule has 1 heterocycles. The van der Waals surface area contributed by atoms with Crippen molar-refractivity contribution in [3.8, 4) is 6.07 Å². The molecule has 0 aromatic heterocycles. The first-order valence-electron chi connectivity index (χ1n) is 7.20. The van der Waals surface area contributed by atoms with Crippen LogP contribution in [0, 0.1) is 11.3 Å². The summed E-state index contributed by atoms with van der Waals surface area (Å²) in [5.74, 6) is 0. The molecule has 1 aliphatic rings. The van der Waals surface area contributed by atoms with E-state index in [2.05, 4.69) is 44.0 Å². The highest BCUT2D eigenvalue weighted by atomic mass is 16.5. The Morgan fingerprint density at radius 2 is 1.79 bits per heavy atom. The smallest absolute Gasteiger partial charge is 0.105 e. The zero-order valence-electron chi connectivity index (χ0n) is 13.3. The third-order valence-electron chi connectivity index (χ3n) is 3.50. The van der Waals surface area contributed by atoms with E-state index in [0.29, 0.717) is 0 Å². The minimum atomic E-state index is -0.429. The van der Waals surface area contributed by atoms with Gasteiger partial charge in [0.1, 0.15) is 5.54 Å². The number of nitriles is 1. The van der Waals surface area contributed by atoms with Gasteiger partial charge in [-0.15, -0.1) is 0 Å². The number of hydrogen-bond acceptors (Lipinski definition) is 4. The molecule has 0 aromatic rings. The Labute approximate surface area is 118 Å². The lowest BCUT2D eigenvalue weighted by atomic mass is 9.95. The van der Waals surface area contributed by atoms with Gasteiger partial charge in [0.05, 0.1) is 17.3 Å². The molecule has 1 saturated heterocycles. The van der Waals surface area contributed by atoms with Crippen molar-refractivity contribution in [1.29, 1.82) is 5.26 Å². The van der Waals surface area contributed by atoms with Gasteiger partial charge < -0.3 is 4.74 Å². The maximum absolute atomic E-state index is 9.30. The molecule has 0 saturated carbocycles. The molecule has 0 aromatic carbocycles. The number of hydrogen-bond donors (Lipinski definition) is 1. The van der Waals surface area contributed by atoms with Crippen LogP contribution in [0.5, 0.6) is 0 Å². The van der Waals surface area contributed by atoms with Crippen molar-refractivity contribution in [3.63, 3.8) is 0 Å². The zero-order chi connectivity index (χ0) is 14.7. The largest absolute Gasteiger partial charge is 0.367 e. The van der Waals surface area contributed by atoms with Crippen molar-refractivity contribution < 1.29 is 4.74 Å². The Bertz CT molecular complexity index is 330. The van der Waals surface area contributed by atoms with E-state index in [4.69, 9.17) is 4.74 Å². The van der Waals surface area contributed by atoms with E-state index in [1.165, 1.54) is 0 Å². The zero-order valence-corrected chi connectivity index (χ0v) is 13.3. The third-order valence-corrected chi connectivity index (χ3v) is 3.50. The van der Waals surface area contributed by atoms with Crippen molar-refractivity contribution in [2.24, 2.45) is 0 Å². The minimum absolute atomic E-state index is 0.122. The molecule has 0 spiro atoms. The Hall–Kier alpha value is -0.630. The van der Waals surface area contributed by atoms with Gasteiger partial charge in [0.2, 0.25) is 0 Å². The predicted molar refractivity (Wildman–Crippen MR) is 78.0 cm³/mol. The first-order valence-corrected chi connectivity index (χ1v) is 7.20. The lowest BCUT2D eigenvalue weighted by molar-refractivity contribution is -0.180. The summed E-state index contributed by atoms with van der Waals surface area (Å²) in [6.45, 7) is 16.1. The normalized spacial score (nSPS) is 25.5. The molecule has 4 nitrogen and oxygen atoms in total. The van der Waals surface area contributed by atoms with Crippen LogP contribution in [0.2, 0.25) is 0 Å². The second-order valence-corrected chi connectivity index (χ2v) is 7.06. The molecule has 0 aliphatic carbocycles. The van der Waals surface area contributed by atoms with Gasteiger partial charge >= 0.3 is 0 Å². The summed E-state index contributed by atoms with van der Waals surface area (Å²) in [6, 6.07) is 2.39. The van der Waals surface area contributed by atoms with E-state index in [1.54, 1.807) is 0 Å². The van der Waals surface area contributed by atoms with Crippen LogP contribution >= 0.6 is 0 Å². The number of nitrogens with one attached hydrogen (secondary N) is 1. The Morgan fingerprint density at radius 1 is 1.26 bits per heavy atom. The molecule has 19 heavy (non-hydrogen) atoms. The molecule has 110 valence electrons. The fourth-order valence-corrected chi connectivity index (χ4v) is 3.06. The highest BCUT2D eigenvalue weighted by Crippen LogP contribution is 2.28. The first-order chi connectivity index (χ1) is 8.61. The molecule has 0 amide bonds. The SMILES string of the molecule is CCNC(C)(C#N)CCN1CC(C)(C)OC(C)(C)C1. The van der Waals surface area contributed by atoms with Crippen LogP contribution in [0.25, 0.3) is 0 Å². The molecular formula is C15H29N3O. The molecule has 1 unspecified atom stereocenters. The van der Waals surface area contributed by atoms with Crippen LogP contribution in [-0.4, -0.2) is 47.8 Å². The standard InChI is InChI=1S/C15H29N3O/c1-7-17-15(6,10-16)8-9-18-11-13(2,3)19-14(4,5)12-18/h17H,7-9,11-12H2,1-6H3. The monoisotopic (exact) mass is 267 g/mol. The second-order valence-electron chi connectivity index (χ2n) is 7.06. The summed E-state index contributed by atoms with van der Waals surface area (Å²) >= 11 is 0. The van der Waals surface area contributed by atoms with Gasteiger partial charge in [-0.2, -0.15) is 5.26 Å². The van der Waals surface area contributed by atoms with Crippen molar-refractivity contribution in [2.75, 3.05) is 26.2 Å². The lowest BCUT2D eigenvalue weighted by Crippen LogP contribution is -2.58. The molecule has 1 aliphatic heterocycles. The Morgan fingerprint density at radius 3 is 2.21 bits per heavy atom. The second kappa shape index (κ2) is 5.78. The van der Waals surface area contributed by atoms with Crippen molar-refractivity contribution in [2.45, 2.75) is 64.7 Å². The Kier molecular flexibility index (Phi) is 5.00. The highest BCUT2D eigenvalue weighted by molar-refractivity contribution is 5.04. The van der Waals surface area contributed by atoms with E-state index in [-0.39, 0.29) is 11.2 Å². The molecule has 0 bridgehead atoms. The topological polar surface area (TPSA) is 48.3 Å². The molecular weight excluding hydrogens is 238 g/mol. The summed E-state index contributed by atoms with van der Waals surface area (Å²) < 4.78 is 6.07. The van der Waals surface area contributed by atoms with E-state index in [0.717, 1.165) is 32.6 Å². The molecule has 1 N–H and O–H groups in total. The van der Waals surface area contributed by atoms with Crippen LogP contribution < -0.4 is 5.32 Å². The van der Waals surface area contributed by atoms with Gasteiger partial charge in [0, 0.05) is 19.6 Å². The predicted octanol–water partition coefficient (Wildman–Crippen LogP) is 2.16. The summed E-state index contributed by atoms with van der Waals surface area (Å²) in [4.78, 5) is 2.41. The summed E-state index contributed by atoms with van der Waals surface area (Å²) in [5.41, 5.74) is -0.673. The summed E-state index contributed by atoms with van der Waals surface area (Å²) in [7, 11) is 0. The summed E-state index contributed by atoms with van der Waals surface area (Å²) in [5, 5.41) is 12.6. The van der Waals surface area contributed by atoms with Crippen LogP contribution in [0.4, 0.5) is 0 Å². The van der Waals surface area contributed by atoms with Gasteiger partial charge in [-0.25, -0.2) is 0 Å². The van der Waals surface area contributed by atoms with Crippen LogP contribution in [-0.2, 0) is 4.74 Å². The van der Waals surface area contributed by atoms with E-state index >= 15 is 0 Å². The fraction of sp³-hybridized carbons (Fsp3) is 0.933.